The Balaban J connectivity index is 1.55. The van der Waals surface area contributed by atoms with Crippen molar-refractivity contribution in [2.24, 2.45) is 0 Å². The van der Waals surface area contributed by atoms with Crippen molar-refractivity contribution in [3.63, 3.8) is 0 Å². The molecule has 1 aromatic carbocycles. The van der Waals surface area contributed by atoms with E-state index in [0.717, 1.165) is 21.9 Å². The standard InChI is InChI=1S/C19H16N2O3S/c1-12-7-8-13(2)21(12)18-14(9-10-25-18)19(22)23-11-17-20-15-5-3-4-6-16(15)24-17/h3-10H,11H2,1-2H3. The van der Waals surface area contributed by atoms with Crippen molar-refractivity contribution < 1.29 is 13.9 Å². The van der Waals surface area contributed by atoms with Gasteiger partial charge < -0.3 is 13.7 Å². The molecule has 0 saturated heterocycles. The molecule has 0 saturated carbocycles. The lowest BCUT2D eigenvalue weighted by Crippen LogP contribution is -2.09. The van der Waals surface area contributed by atoms with Crippen molar-refractivity contribution >= 4 is 28.4 Å². The van der Waals surface area contributed by atoms with Gasteiger partial charge in [0.05, 0.1) is 5.56 Å². The highest BCUT2D eigenvalue weighted by Gasteiger charge is 2.19. The number of fused-ring (bicyclic) bond motifs is 1. The van der Waals surface area contributed by atoms with Gasteiger partial charge in [-0.3, -0.25) is 0 Å². The molecular weight excluding hydrogens is 336 g/mol. The highest BCUT2D eigenvalue weighted by atomic mass is 32.1. The number of benzene rings is 1. The van der Waals surface area contributed by atoms with E-state index < -0.39 is 0 Å². The zero-order chi connectivity index (χ0) is 17.4. The predicted octanol–water partition coefficient (Wildman–Crippen LogP) is 4.65. The monoisotopic (exact) mass is 352 g/mol. The van der Waals surface area contributed by atoms with E-state index in [1.807, 2.05) is 55.6 Å². The number of thiophene rings is 1. The summed E-state index contributed by atoms with van der Waals surface area (Å²) in [5.74, 6) is 0.00524. The van der Waals surface area contributed by atoms with Gasteiger partial charge in [-0.25, -0.2) is 9.78 Å². The summed E-state index contributed by atoms with van der Waals surface area (Å²) in [5.41, 5.74) is 4.14. The molecule has 0 N–H and O–H groups in total. The average Bonchev–Trinajstić information content (AvgIpc) is 3.31. The first-order valence-electron chi connectivity index (χ1n) is 7.88. The van der Waals surface area contributed by atoms with Crippen molar-refractivity contribution in [1.82, 2.24) is 9.55 Å². The third kappa shape index (κ3) is 2.85. The Morgan fingerprint density at radius 1 is 1.16 bits per heavy atom. The summed E-state index contributed by atoms with van der Waals surface area (Å²) in [6.45, 7) is 4.03. The minimum Gasteiger partial charge on any atom is -0.452 e. The van der Waals surface area contributed by atoms with E-state index in [2.05, 4.69) is 9.55 Å². The largest absolute Gasteiger partial charge is 0.452 e. The van der Waals surface area contributed by atoms with Gasteiger partial charge in [-0.05, 0) is 49.6 Å². The number of para-hydroxylation sites is 2. The van der Waals surface area contributed by atoms with Crippen molar-refractivity contribution in [1.29, 1.82) is 0 Å². The molecule has 0 aliphatic rings. The smallest absolute Gasteiger partial charge is 0.341 e. The van der Waals surface area contributed by atoms with Gasteiger partial charge in [0.1, 0.15) is 10.5 Å². The molecule has 5 nitrogen and oxygen atoms in total. The molecule has 126 valence electrons. The summed E-state index contributed by atoms with van der Waals surface area (Å²) < 4.78 is 13.1. The van der Waals surface area contributed by atoms with E-state index in [1.54, 1.807) is 6.07 Å². The van der Waals surface area contributed by atoms with E-state index >= 15 is 0 Å². The summed E-state index contributed by atoms with van der Waals surface area (Å²) in [4.78, 5) is 16.9. The lowest BCUT2D eigenvalue weighted by Gasteiger charge is -2.09. The fraction of sp³-hybridized carbons (Fsp3) is 0.158. The van der Waals surface area contributed by atoms with Crippen LogP contribution in [0.1, 0.15) is 27.6 Å². The predicted molar refractivity (Wildman–Crippen MR) is 96.2 cm³/mol. The van der Waals surface area contributed by atoms with Gasteiger partial charge in [-0.15, -0.1) is 11.3 Å². The van der Waals surface area contributed by atoms with E-state index in [1.165, 1.54) is 11.3 Å². The first kappa shape index (κ1) is 15.7. The number of aryl methyl sites for hydroxylation is 2. The van der Waals surface area contributed by atoms with Crippen LogP contribution in [0.15, 0.2) is 52.3 Å². The molecule has 0 fully saturated rings. The molecule has 0 unspecified atom stereocenters. The molecule has 0 bridgehead atoms. The third-order valence-corrected chi connectivity index (χ3v) is 4.90. The lowest BCUT2D eigenvalue weighted by molar-refractivity contribution is 0.0441. The number of esters is 1. The van der Waals surface area contributed by atoms with Crippen LogP contribution in [-0.4, -0.2) is 15.5 Å². The van der Waals surface area contributed by atoms with Crippen LogP contribution in [0.2, 0.25) is 0 Å². The zero-order valence-electron chi connectivity index (χ0n) is 13.9. The molecule has 25 heavy (non-hydrogen) atoms. The molecule has 0 aliphatic heterocycles. The average molecular weight is 352 g/mol. The molecule has 3 aromatic heterocycles. The Morgan fingerprint density at radius 3 is 2.68 bits per heavy atom. The number of hydrogen-bond acceptors (Lipinski definition) is 5. The first-order valence-corrected chi connectivity index (χ1v) is 8.76. The van der Waals surface area contributed by atoms with Crippen LogP contribution in [0.4, 0.5) is 0 Å². The number of oxazole rings is 1. The minimum atomic E-state index is -0.383. The van der Waals surface area contributed by atoms with Crippen LogP contribution in [-0.2, 0) is 11.3 Å². The maximum Gasteiger partial charge on any atom is 0.341 e. The van der Waals surface area contributed by atoms with E-state index in [0.29, 0.717) is 17.0 Å². The topological polar surface area (TPSA) is 57.3 Å². The van der Waals surface area contributed by atoms with Gasteiger partial charge in [0, 0.05) is 11.4 Å². The molecule has 0 spiro atoms. The third-order valence-electron chi connectivity index (χ3n) is 4.00. The van der Waals surface area contributed by atoms with E-state index in [9.17, 15) is 4.79 Å². The molecule has 0 radical (unpaired) electrons. The van der Waals surface area contributed by atoms with Gasteiger partial charge >= 0.3 is 5.97 Å². The Labute approximate surface area is 148 Å². The molecule has 4 aromatic rings. The van der Waals surface area contributed by atoms with Gasteiger partial charge in [0.25, 0.3) is 0 Å². The van der Waals surface area contributed by atoms with Crippen molar-refractivity contribution in [3.8, 4) is 5.00 Å². The van der Waals surface area contributed by atoms with Crippen molar-refractivity contribution in [3.05, 3.63) is 70.7 Å². The number of carbonyl (C=O) groups is 1. The fourth-order valence-electron chi connectivity index (χ4n) is 2.81. The minimum absolute atomic E-state index is 0.00639. The number of rotatable bonds is 4. The molecule has 3 heterocycles. The first-order chi connectivity index (χ1) is 12.1. The summed E-state index contributed by atoms with van der Waals surface area (Å²) in [7, 11) is 0. The highest BCUT2D eigenvalue weighted by molar-refractivity contribution is 7.13. The quantitative estimate of drug-likeness (QED) is 0.502. The van der Waals surface area contributed by atoms with Crippen LogP contribution in [0.5, 0.6) is 0 Å². The fourth-order valence-corrected chi connectivity index (χ4v) is 3.81. The molecule has 0 aliphatic carbocycles. The highest BCUT2D eigenvalue weighted by Crippen LogP contribution is 2.27. The Kier molecular flexibility index (Phi) is 3.89. The van der Waals surface area contributed by atoms with E-state index in [4.69, 9.17) is 9.15 Å². The molecule has 0 amide bonds. The molecular formula is C19H16N2O3S. The van der Waals surface area contributed by atoms with Crippen molar-refractivity contribution in [2.45, 2.75) is 20.5 Å². The van der Waals surface area contributed by atoms with Gasteiger partial charge in [0.2, 0.25) is 5.89 Å². The zero-order valence-corrected chi connectivity index (χ0v) is 14.7. The van der Waals surface area contributed by atoms with Crippen LogP contribution in [0, 0.1) is 13.8 Å². The second-order valence-corrected chi connectivity index (χ2v) is 6.64. The van der Waals surface area contributed by atoms with E-state index in [-0.39, 0.29) is 12.6 Å². The van der Waals surface area contributed by atoms with Crippen LogP contribution in [0.3, 0.4) is 0 Å². The summed E-state index contributed by atoms with van der Waals surface area (Å²) in [5, 5.41) is 2.76. The van der Waals surface area contributed by atoms with Gasteiger partial charge in [-0.2, -0.15) is 0 Å². The second-order valence-electron chi connectivity index (χ2n) is 5.74. The summed E-state index contributed by atoms with van der Waals surface area (Å²) in [6.07, 6.45) is 0. The Morgan fingerprint density at radius 2 is 1.92 bits per heavy atom. The maximum atomic E-state index is 12.5. The van der Waals surface area contributed by atoms with Crippen LogP contribution >= 0.6 is 11.3 Å². The summed E-state index contributed by atoms with van der Waals surface area (Å²) in [6, 6.07) is 13.3. The van der Waals surface area contributed by atoms with Crippen LogP contribution in [0.25, 0.3) is 16.1 Å². The number of nitrogens with zero attached hydrogens (tertiary/aromatic N) is 2. The van der Waals surface area contributed by atoms with Gasteiger partial charge in [0.15, 0.2) is 12.2 Å². The second kappa shape index (κ2) is 6.22. The number of ether oxygens (including phenoxy) is 1. The maximum absolute atomic E-state index is 12.5. The Hall–Kier alpha value is -2.86. The SMILES string of the molecule is Cc1ccc(C)n1-c1sccc1C(=O)OCc1nc2ccccc2o1. The molecule has 0 atom stereocenters. The molecule has 4 rings (SSSR count). The molecule has 6 heteroatoms. The normalized spacial score (nSPS) is 11.1. The van der Waals surface area contributed by atoms with Crippen molar-refractivity contribution in [2.75, 3.05) is 0 Å². The number of carbonyl (C=O) groups excluding carboxylic acids is 1. The van der Waals surface area contributed by atoms with Crippen LogP contribution < -0.4 is 0 Å². The summed E-state index contributed by atoms with van der Waals surface area (Å²) >= 11 is 1.51. The Bertz CT molecular complexity index is 1010. The lowest BCUT2D eigenvalue weighted by atomic mass is 10.3. The number of hydrogen-bond donors (Lipinski definition) is 0. The number of aromatic nitrogens is 2. The van der Waals surface area contributed by atoms with Gasteiger partial charge in [-0.1, -0.05) is 12.1 Å².